The van der Waals surface area contributed by atoms with Crippen molar-refractivity contribution in [2.75, 3.05) is 13.1 Å². The van der Waals surface area contributed by atoms with Crippen LogP contribution < -0.4 is 10.6 Å². The summed E-state index contributed by atoms with van der Waals surface area (Å²) in [7, 11) is 0. The van der Waals surface area contributed by atoms with Crippen LogP contribution in [0.15, 0.2) is 0 Å². The Morgan fingerprint density at radius 2 is 2.36 bits per heavy atom. The second-order valence-corrected chi connectivity index (χ2v) is 3.17. The molecule has 2 N–H and O–H groups in total. The smallest absolute Gasteiger partial charge is 0.223 e. The Bertz CT molecular complexity index is 143. The number of carbonyl (C=O) groups is 1. The third kappa shape index (κ3) is 2.19. The van der Waals surface area contributed by atoms with Gasteiger partial charge in [0.15, 0.2) is 0 Å². The average molecular weight is 156 g/mol. The molecule has 1 unspecified atom stereocenters. The Hall–Kier alpha value is -0.570. The summed E-state index contributed by atoms with van der Waals surface area (Å²) in [6.45, 7) is 5.86. The molecule has 1 heterocycles. The van der Waals surface area contributed by atoms with Crippen LogP contribution in [0.25, 0.3) is 0 Å². The second kappa shape index (κ2) is 3.72. The van der Waals surface area contributed by atoms with Gasteiger partial charge in [-0.2, -0.15) is 0 Å². The van der Waals surface area contributed by atoms with Gasteiger partial charge in [-0.05, 0) is 6.42 Å². The molecule has 0 radical (unpaired) electrons. The molecule has 1 aliphatic rings. The SMILES string of the molecule is CCC(C)C(=O)NC1CNC1. The van der Waals surface area contributed by atoms with Gasteiger partial charge in [-0.15, -0.1) is 0 Å². The predicted molar refractivity (Wildman–Crippen MR) is 44.3 cm³/mol. The molecule has 0 bridgehead atoms. The number of carbonyl (C=O) groups excluding carboxylic acids is 1. The monoisotopic (exact) mass is 156 g/mol. The molecule has 1 amide bonds. The molecule has 0 aliphatic carbocycles. The average Bonchev–Trinajstić information content (AvgIpc) is 1.94. The zero-order valence-electron chi connectivity index (χ0n) is 7.18. The van der Waals surface area contributed by atoms with Crippen LogP contribution >= 0.6 is 0 Å². The molecule has 64 valence electrons. The van der Waals surface area contributed by atoms with Gasteiger partial charge in [-0.25, -0.2) is 0 Å². The van der Waals surface area contributed by atoms with E-state index in [0.29, 0.717) is 6.04 Å². The topological polar surface area (TPSA) is 41.1 Å². The van der Waals surface area contributed by atoms with E-state index in [4.69, 9.17) is 0 Å². The maximum Gasteiger partial charge on any atom is 0.223 e. The zero-order valence-corrected chi connectivity index (χ0v) is 7.18. The van der Waals surface area contributed by atoms with Crippen LogP contribution in [-0.2, 0) is 4.79 Å². The first-order valence-electron chi connectivity index (χ1n) is 4.25. The lowest BCUT2D eigenvalue weighted by Crippen LogP contribution is -2.57. The summed E-state index contributed by atoms with van der Waals surface area (Å²) in [6, 6.07) is 0.386. The van der Waals surface area contributed by atoms with Crippen molar-refractivity contribution >= 4 is 5.91 Å². The lowest BCUT2D eigenvalue weighted by Gasteiger charge is -2.28. The molecule has 0 saturated carbocycles. The first-order chi connectivity index (χ1) is 5.24. The molecule has 3 heteroatoms. The summed E-state index contributed by atoms with van der Waals surface area (Å²) in [6.07, 6.45) is 0.923. The van der Waals surface area contributed by atoms with E-state index in [-0.39, 0.29) is 11.8 Å². The van der Waals surface area contributed by atoms with Crippen LogP contribution in [-0.4, -0.2) is 25.0 Å². The molecule has 11 heavy (non-hydrogen) atoms. The number of nitrogens with one attached hydrogen (secondary N) is 2. The fourth-order valence-corrected chi connectivity index (χ4v) is 0.920. The van der Waals surface area contributed by atoms with E-state index in [0.717, 1.165) is 19.5 Å². The van der Waals surface area contributed by atoms with Crippen molar-refractivity contribution < 1.29 is 4.79 Å². The quantitative estimate of drug-likeness (QED) is 0.609. The molecule has 0 spiro atoms. The van der Waals surface area contributed by atoms with Gasteiger partial charge in [0, 0.05) is 19.0 Å². The number of amides is 1. The van der Waals surface area contributed by atoms with E-state index >= 15 is 0 Å². The van der Waals surface area contributed by atoms with Crippen molar-refractivity contribution in [3.8, 4) is 0 Å². The van der Waals surface area contributed by atoms with Gasteiger partial charge >= 0.3 is 0 Å². The molecular formula is C8H16N2O. The van der Waals surface area contributed by atoms with E-state index in [1.54, 1.807) is 0 Å². The van der Waals surface area contributed by atoms with Gasteiger partial charge < -0.3 is 10.6 Å². The van der Waals surface area contributed by atoms with Gasteiger partial charge in [-0.3, -0.25) is 4.79 Å². The number of hydrogen-bond acceptors (Lipinski definition) is 2. The number of hydrogen-bond donors (Lipinski definition) is 2. The van der Waals surface area contributed by atoms with Gasteiger partial charge in [-0.1, -0.05) is 13.8 Å². The van der Waals surface area contributed by atoms with Crippen molar-refractivity contribution in [1.82, 2.24) is 10.6 Å². The Morgan fingerprint density at radius 3 is 2.73 bits per heavy atom. The fraction of sp³-hybridized carbons (Fsp3) is 0.875. The fourth-order valence-electron chi connectivity index (χ4n) is 0.920. The van der Waals surface area contributed by atoms with Gasteiger partial charge in [0.05, 0.1) is 6.04 Å². The van der Waals surface area contributed by atoms with Crippen molar-refractivity contribution in [3.63, 3.8) is 0 Å². The van der Waals surface area contributed by atoms with Crippen LogP contribution in [0.4, 0.5) is 0 Å². The first kappa shape index (κ1) is 8.53. The third-order valence-electron chi connectivity index (χ3n) is 2.19. The van der Waals surface area contributed by atoms with Crippen molar-refractivity contribution in [2.24, 2.45) is 5.92 Å². The molecule has 3 nitrogen and oxygen atoms in total. The van der Waals surface area contributed by atoms with Crippen LogP contribution in [0.3, 0.4) is 0 Å². The Morgan fingerprint density at radius 1 is 1.73 bits per heavy atom. The van der Waals surface area contributed by atoms with Crippen molar-refractivity contribution in [2.45, 2.75) is 26.3 Å². The summed E-state index contributed by atoms with van der Waals surface area (Å²) in [5, 5.41) is 6.07. The van der Waals surface area contributed by atoms with Crippen LogP contribution in [0.1, 0.15) is 20.3 Å². The molecule has 0 aromatic heterocycles. The van der Waals surface area contributed by atoms with E-state index < -0.39 is 0 Å². The summed E-state index contributed by atoms with van der Waals surface area (Å²) in [4.78, 5) is 11.2. The maximum atomic E-state index is 11.2. The molecular weight excluding hydrogens is 140 g/mol. The minimum absolute atomic E-state index is 0.163. The van der Waals surface area contributed by atoms with Crippen LogP contribution in [0.2, 0.25) is 0 Å². The van der Waals surface area contributed by atoms with Gasteiger partial charge in [0.25, 0.3) is 0 Å². The minimum Gasteiger partial charge on any atom is -0.351 e. The first-order valence-corrected chi connectivity index (χ1v) is 4.25. The van der Waals surface area contributed by atoms with Gasteiger partial charge in [0.1, 0.15) is 0 Å². The van der Waals surface area contributed by atoms with Crippen molar-refractivity contribution in [3.05, 3.63) is 0 Å². The molecule has 1 rings (SSSR count). The summed E-state index contributed by atoms with van der Waals surface area (Å²) in [5.41, 5.74) is 0. The van der Waals surface area contributed by atoms with Gasteiger partial charge in [0.2, 0.25) is 5.91 Å². The largest absolute Gasteiger partial charge is 0.351 e. The third-order valence-corrected chi connectivity index (χ3v) is 2.19. The molecule has 1 saturated heterocycles. The lowest BCUT2D eigenvalue weighted by atomic mass is 10.1. The number of rotatable bonds is 3. The highest BCUT2D eigenvalue weighted by molar-refractivity contribution is 5.78. The molecule has 0 aromatic carbocycles. The van der Waals surface area contributed by atoms with E-state index in [9.17, 15) is 4.79 Å². The second-order valence-electron chi connectivity index (χ2n) is 3.17. The highest BCUT2D eigenvalue weighted by Gasteiger charge is 2.20. The van der Waals surface area contributed by atoms with E-state index in [2.05, 4.69) is 10.6 Å². The standard InChI is InChI=1S/C8H16N2O/c1-3-6(2)8(11)10-7-4-9-5-7/h6-7,9H,3-5H2,1-2H3,(H,10,11). The summed E-state index contributed by atoms with van der Waals surface area (Å²) in [5.74, 6) is 0.356. The molecule has 1 fully saturated rings. The Kier molecular flexibility index (Phi) is 2.88. The Labute approximate surface area is 67.5 Å². The predicted octanol–water partition coefficient (Wildman–Crippen LogP) is 0.120. The minimum atomic E-state index is 0.163. The zero-order chi connectivity index (χ0) is 8.27. The van der Waals surface area contributed by atoms with Crippen molar-refractivity contribution in [1.29, 1.82) is 0 Å². The highest BCUT2D eigenvalue weighted by atomic mass is 16.1. The summed E-state index contributed by atoms with van der Waals surface area (Å²) >= 11 is 0. The maximum absolute atomic E-state index is 11.2. The van der Waals surface area contributed by atoms with Crippen LogP contribution in [0, 0.1) is 5.92 Å². The van der Waals surface area contributed by atoms with E-state index in [1.807, 2.05) is 13.8 Å². The molecule has 0 aromatic rings. The van der Waals surface area contributed by atoms with E-state index in [1.165, 1.54) is 0 Å². The molecule has 1 aliphatic heterocycles. The lowest BCUT2D eigenvalue weighted by molar-refractivity contribution is -0.125. The highest BCUT2D eigenvalue weighted by Crippen LogP contribution is 2.01. The Balaban J connectivity index is 2.19. The van der Waals surface area contributed by atoms with Crippen LogP contribution in [0.5, 0.6) is 0 Å². The normalized spacial score (nSPS) is 20.5. The summed E-state index contributed by atoms with van der Waals surface area (Å²) < 4.78 is 0. The molecule has 1 atom stereocenters.